The van der Waals surface area contributed by atoms with E-state index in [1.807, 2.05) is 0 Å². The van der Waals surface area contributed by atoms with Gasteiger partial charge in [-0.25, -0.2) is 9.98 Å². The third-order valence-corrected chi connectivity index (χ3v) is 10.5. The number of aromatic nitrogens is 1. The second-order valence-electron chi connectivity index (χ2n) is 10.5. The molecule has 3 aliphatic heterocycles. The molecule has 40 heavy (non-hydrogen) atoms. The van der Waals surface area contributed by atoms with Crippen molar-refractivity contribution in [2.75, 3.05) is 49.1 Å². The van der Waals surface area contributed by atoms with E-state index in [9.17, 15) is 9.90 Å². The molecule has 0 fully saturated rings. The van der Waals surface area contributed by atoms with Crippen molar-refractivity contribution in [2.24, 2.45) is 4.99 Å². The van der Waals surface area contributed by atoms with Crippen LogP contribution in [0.1, 0.15) is 57.2 Å². The van der Waals surface area contributed by atoms with Gasteiger partial charge in [-0.2, -0.15) is 0 Å². The summed E-state index contributed by atoms with van der Waals surface area (Å²) in [5.74, 6) is 0.0414. The number of anilines is 2. The number of aliphatic hydroxyl groups is 1. The van der Waals surface area contributed by atoms with Crippen LogP contribution in [0, 0.1) is 5.41 Å². The molecule has 4 heterocycles. The van der Waals surface area contributed by atoms with Crippen LogP contribution < -0.4 is 19.7 Å². The van der Waals surface area contributed by atoms with E-state index in [1.165, 1.54) is 39.9 Å². The largest absolute Gasteiger partial charge is 0.506 e. The highest BCUT2D eigenvalue weighted by molar-refractivity contribution is 8.23. The molecule has 0 saturated carbocycles. The minimum absolute atomic E-state index is 0.0386. The molecule has 1 aromatic carbocycles. The fourth-order valence-corrected chi connectivity index (χ4v) is 8.59. The lowest BCUT2D eigenvalue weighted by Crippen LogP contribution is -2.36. The maximum absolute atomic E-state index is 13.8. The van der Waals surface area contributed by atoms with Gasteiger partial charge in [-0.05, 0) is 94.0 Å². The van der Waals surface area contributed by atoms with Crippen molar-refractivity contribution in [3.63, 3.8) is 0 Å². The van der Waals surface area contributed by atoms with Crippen LogP contribution in [0.2, 0.25) is 0 Å². The lowest BCUT2D eigenvalue weighted by molar-refractivity contribution is -0.109. The standard InChI is InChI=1S/C30H36N6O2S2/c1-5-34(6-2)29-32-22(27-28(31)33-30(40-27)35(7-3)8-4)26(39-29)21-24(37)20(25(21)38)19-15-17-11-9-13-36-14-10-12-18(16-19)23(17)36/h15-16,31,37H,5-14H2,1-4H3/b26-21+,27-22+,31-28?. The van der Waals surface area contributed by atoms with Gasteiger partial charge in [0.15, 0.2) is 16.1 Å². The van der Waals surface area contributed by atoms with Gasteiger partial charge in [-0.15, -0.1) is 0 Å². The number of amidine groups is 2. The van der Waals surface area contributed by atoms with Crippen molar-refractivity contribution < 1.29 is 9.90 Å². The zero-order chi connectivity index (χ0) is 28.1. The Bertz CT molecular complexity index is 1560. The van der Waals surface area contributed by atoms with Crippen molar-refractivity contribution >= 4 is 66.8 Å². The molecule has 1 aliphatic carbocycles. The minimum Gasteiger partial charge on any atom is -0.506 e. The number of nitrogens with zero attached hydrogens (tertiary/aromatic N) is 5. The van der Waals surface area contributed by atoms with Crippen LogP contribution in [-0.2, 0) is 17.6 Å². The van der Waals surface area contributed by atoms with E-state index in [2.05, 4.69) is 59.5 Å². The number of nitrogens with one attached hydrogen (secondary N) is 1. The number of thioether (sulfide) groups is 1. The number of hydrogen-bond donors (Lipinski definition) is 2. The molecule has 4 aliphatic rings. The number of benzene rings is 1. The average molecular weight is 577 g/mol. The lowest BCUT2D eigenvalue weighted by Gasteiger charge is -2.37. The van der Waals surface area contributed by atoms with Crippen molar-refractivity contribution in [1.82, 2.24) is 9.88 Å². The van der Waals surface area contributed by atoms with Gasteiger partial charge >= 0.3 is 0 Å². The summed E-state index contributed by atoms with van der Waals surface area (Å²) in [6, 6.07) is 4.24. The van der Waals surface area contributed by atoms with Gasteiger partial charge in [0, 0.05) is 45.0 Å². The van der Waals surface area contributed by atoms with Gasteiger partial charge in [0.25, 0.3) is 0 Å². The number of allylic oxidation sites excluding steroid dienone is 2. The molecule has 0 radical (unpaired) electrons. The molecule has 0 spiro atoms. The molecule has 6 rings (SSSR count). The quantitative estimate of drug-likeness (QED) is 0.538. The van der Waals surface area contributed by atoms with Gasteiger partial charge in [-0.3, -0.25) is 10.2 Å². The van der Waals surface area contributed by atoms with E-state index in [-0.39, 0.29) is 17.4 Å². The molecule has 0 atom stereocenters. The summed E-state index contributed by atoms with van der Waals surface area (Å²) in [4.78, 5) is 30.7. The Morgan fingerprint density at radius 2 is 1.60 bits per heavy atom. The van der Waals surface area contributed by atoms with Gasteiger partial charge in [-0.1, -0.05) is 11.3 Å². The van der Waals surface area contributed by atoms with Gasteiger partial charge in [0.05, 0.1) is 20.6 Å². The summed E-state index contributed by atoms with van der Waals surface area (Å²) >= 11 is 2.85. The third kappa shape index (κ3) is 4.27. The molecule has 0 unspecified atom stereocenters. The lowest BCUT2D eigenvalue weighted by atomic mass is 9.80. The number of carbonyl (C=O) groups excluding carboxylic acids is 1. The first-order valence-electron chi connectivity index (χ1n) is 14.4. The minimum atomic E-state index is -0.149. The zero-order valence-electron chi connectivity index (χ0n) is 23.6. The predicted octanol–water partition coefficient (Wildman–Crippen LogP) is 3.92. The molecule has 0 amide bonds. The molecule has 8 nitrogen and oxygen atoms in total. The van der Waals surface area contributed by atoms with E-state index < -0.39 is 0 Å². The van der Waals surface area contributed by atoms with Crippen LogP contribution in [-0.4, -0.2) is 71.0 Å². The maximum atomic E-state index is 13.8. The number of Topliss-reactive ketones (excluding diaryl/α,β-unsaturated/α-hetero) is 1. The second-order valence-corrected chi connectivity index (χ2v) is 12.4. The highest BCUT2D eigenvalue weighted by Gasteiger charge is 2.38. The van der Waals surface area contributed by atoms with Crippen LogP contribution in [0.3, 0.4) is 0 Å². The SMILES string of the molecule is CCN(CC)C1=NC(=N)/C(=c2\nc(N(CC)CC)s\c2=C2\C(=O)C(c3cc4c5c(c3)CCCN5CCC4)=C2O)S1. The predicted molar refractivity (Wildman–Crippen MR) is 167 cm³/mol. The summed E-state index contributed by atoms with van der Waals surface area (Å²) in [5.41, 5.74) is 5.46. The van der Waals surface area contributed by atoms with Crippen LogP contribution in [0.25, 0.3) is 16.1 Å². The first-order valence-corrected chi connectivity index (χ1v) is 16.0. The number of hydrogen-bond acceptors (Lipinski definition) is 9. The number of aliphatic hydroxyl groups excluding tert-OH is 1. The monoisotopic (exact) mass is 576 g/mol. The Morgan fingerprint density at radius 1 is 0.975 bits per heavy atom. The summed E-state index contributed by atoms with van der Waals surface area (Å²) in [5, 5.41) is 22.3. The van der Waals surface area contributed by atoms with Crippen molar-refractivity contribution in [2.45, 2.75) is 53.4 Å². The van der Waals surface area contributed by atoms with E-state index in [4.69, 9.17) is 10.4 Å². The summed E-state index contributed by atoms with van der Waals surface area (Å²) in [6.07, 6.45) is 4.24. The number of aryl methyl sites for hydroxylation is 2. The molecule has 0 saturated heterocycles. The molecule has 10 heteroatoms. The van der Waals surface area contributed by atoms with E-state index in [1.54, 1.807) is 0 Å². The normalized spacial score (nSPS) is 21.0. The number of rotatable bonds is 6. The Morgan fingerprint density at radius 3 is 2.17 bits per heavy atom. The smallest absolute Gasteiger partial charge is 0.202 e. The second kappa shape index (κ2) is 10.7. The highest BCUT2D eigenvalue weighted by atomic mass is 32.2. The number of ketones is 1. The van der Waals surface area contributed by atoms with Crippen LogP contribution in [0.5, 0.6) is 0 Å². The van der Waals surface area contributed by atoms with Gasteiger partial charge in [0.1, 0.15) is 11.1 Å². The molecule has 2 N–H and O–H groups in total. The van der Waals surface area contributed by atoms with Crippen molar-refractivity contribution in [1.29, 1.82) is 5.41 Å². The molecule has 210 valence electrons. The fraction of sp³-hybridized carbons (Fsp3) is 0.467. The molecule has 1 aromatic heterocycles. The van der Waals surface area contributed by atoms with Crippen molar-refractivity contribution in [3.05, 3.63) is 44.5 Å². The van der Waals surface area contributed by atoms with Crippen LogP contribution in [0.4, 0.5) is 10.8 Å². The zero-order valence-corrected chi connectivity index (χ0v) is 25.3. The molecular weight excluding hydrogens is 541 g/mol. The first kappa shape index (κ1) is 27.1. The molecule has 2 aromatic rings. The fourth-order valence-electron chi connectivity index (χ4n) is 6.19. The first-order chi connectivity index (χ1) is 19.4. The average Bonchev–Trinajstić information content (AvgIpc) is 3.54. The summed E-state index contributed by atoms with van der Waals surface area (Å²) in [7, 11) is 0. The third-order valence-electron chi connectivity index (χ3n) is 8.29. The molecular formula is C30H36N6O2S2. The van der Waals surface area contributed by atoms with Gasteiger partial charge in [0.2, 0.25) is 5.78 Å². The molecule has 0 bridgehead atoms. The highest BCUT2D eigenvalue weighted by Crippen LogP contribution is 2.42. The van der Waals surface area contributed by atoms with Crippen LogP contribution in [0.15, 0.2) is 22.9 Å². The number of carbonyl (C=O) groups is 1. The summed E-state index contributed by atoms with van der Waals surface area (Å²) < 4.78 is 0.627. The van der Waals surface area contributed by atoms with E-state index in [0.717, 1.165) is 80.8 Å². The van der Waals surface area contributed by atoms with Crippen LogP contribution >= 0.6 is 23.1 Å². The van der Waals surface area contributed by atoms with E-state index >= 15 is 0 Å². The number of thiazole rings is 1. The number of aliphatic imine (C=N–C) groups is 1. The van der Waals surface area contributed by atoms with Gasteiger partial charge < -0.3 is 19.8 Å². The Balaban J connectivity index is 1.52. The Hall–Kier alpha value is -3.11. The Kier molecular flexibility index (Phi) is 7.25. The Labute approximate surface area is 243 Å². The topological polar surface area (TPSA) is 96.1 Å². The van der Waals surface area contributed by atoms with Crippen molar-refractivity contribution in [3.8, 4) is 0 Å². The maximum Gasteiger partial charge on any atom is 0.202 e. The van der Waals surface area contributed by atoms with E-state index in [0.29, 0.717) is 25.9 Å². The summed E-state index contributed by atoms with van der Waals surface area (Å²) in [6.45, 7) is 13.6.